The highest BCUT2D eigenvalue weighted by Crippen LogP contribution is 2.36. The van der Waals surface area contributed by atoms with Gasteiger partial charge in [-0.05, 0) is 32.9 Å². The number of carbonyl (C=O) groups excluding carboxylic acids is 1. The zero-order valence-electron chi connectivity index (χ0n) is 15.9. The molecule has 0 bridgehead atoms. The van der Waals surface area contributed by atoms with E-state index in [1.54, 1.807) is 18.4 Å². The van der Waals surface area contributed by atoms with Crippen LogP contribution in [0.15, 0.2) is 29.3 Å². The van der Waals surface area contributed by atoms with Gasteiger partial charge in [0, 0.05) is 18.7 Å². The topological polar surface area (TPSA) is 68.2 Å². The third-order valence-corrected chi connectivity index (χ3v) is 6.10. The lowest BCUT2D eigenvalue weighted by Gasteiger charge is -2.17. The Bertz CT molecular complexity index is 954. The summed E-state index contributed by atoms with van der Waals surface area (Å²) >= 11 is 2.98. The van der Waals surface area contributed by atoms with Gasteiger partial charge in [0.05, 0.1) is 22.6 Å². The zero-order chi connectivity index (χ0) is 19.4. The number of thiazole rings is 1. The summed E-state index contributed by atoms with van der Waals surface area (Å²) in [7, 11) is 1.64. The summed E-state index contributed by atoms with van der Waals surface area (Å²) in [5.74, 6) is 1.20. The van der Waals surface area contributed by atoms with Crippen molar-refractivity contribution in [3.63, 3.8) is 0 Å². The van der Waals surface area contributed by atoms with E-state index in [0.29, 0.717) is 23.9 Å². The smallest absolute Gasteiger partial charge is 0.232 e. The van der Waals surface area contributed by atoms with Crippen LogP contribution in [0.25, 0.3) is 21.5 Å². The molecule has 0 fully saturated rings. The molecule has 0 saturated heterocycles. The van der Waals surface area contributed by atoms with E-state index in [9.17, 15) is 4.79 Å². The number of amides is 1. The summed E-state index contributed by atoms with van der Waals surface area (Å²) in [4.78, 5) is 18.8. The molecule has 1 aromatic carbocycles. The fourth-order valence-corrected chi connectivity index (χ4v) is 4.59. The van der Waals surface area contributed by atoms with Crippen LogP contribution < -0.4 is 4.74 Å². The minimum atomic E-state index is 0.101. The fourth-order valence-electron chi connectivity index (χ4n) is 2.77. The van der Waals surface area contributed by atoms with Crippen molar-refractivity contribution in [1.82, 2.24) is 20.1 Å². The summed E-state index contributed by atoms with van der Waals surface area (Å²) in [5, 5.41) is 10.5. The predicted octanol–water partition coefficient (Wildman–Crippen LogP) is 4.03. The number of aromatic nitrogens is 3. The van der Waals surface area contributed by atoms with Crippen molar-refractivity contribution in [3.05, 3.63) is 29.3 Å². The van der Waals surface area contributed by atoms with Gasteiger partial charge in [0.2, 0.25) is 5.91 Å². The van der Waals surface area contributed by atoms with E-state index in [1.165, 1.54) is 11.8 Å². The number of hydrogen-bond acceptors (Lipinski definition) is 7. The van der Waals surface area contributed by atoms with Crippen molar-refractivity contribution in [2.24, 2.45) is 0 Å². The van der Waals surface area contributed by atoms with Crippen molar-refractivity contribution in [3.8, 4) is 17.0 Å². The first-order valence-corrected chi connectivity index (χ1v) is 10.6. The third kappa shape index (κ3) is 4.22. The van der Waals surface area contributed by atoms with Crippen LogP contribution in [0.1, 0.15) is 18.9 Å². The van der Waals surface area contributed by atoms with Crippen LogP contribution in [-0.4, -0.2) is 51.9 Å². The predicted molar refractivity (Wildman–Crippen MR) is 111 cm³/mol. The highest BCUT2D eigenvalue weighted by atomic mass is 32.2. The molecule has 2 aromatic heterocycles. The van der Waals surface area contributed by atoms with Crippen molar-refractivity contribution in [1.29, 1.82) is 0 Å². The van der Waals surface area contributed by atoms with Crippen LogP contribution in [0.3, 0.4) is 0 Å². The Morgan fingerprint density at radius 1 is 1.26 bits per heavy atom. The van der Waals surface area contributed by atoms with Gasteiger partial charge in [0.25, 0.3) is 0 Å². The third-order valence-electron chi connectivity index (χ3n) is 4.18. The van der Waals surface area contributed by atoms with Crippen molar-refractivity contribution >= 4 is 39.2 Å². The maximum Gasteiger partial charge on any atom is 0.232 e. The number of ether oxygens (including phenoxy) is 1. The molecule has 3 aromatic rings. The van der Waals surface area contributed by atoms with Crippen LogP contribution in [-0.2, 0) is 4.79 Å². The number of hydrogen-bond donors (Lipinski definition) is 0. The van der Waals surface area contributed by atoms with E-state index in [4.69, 9.17) is 4.74 Å². The van der Waals surface area contributed by atoms with E-state index in [0.717, 1.165) is 32.2 Å². The number of methoxy groups -OCH3 is 1. The van der Waals surface area contributed by atoms with E-state index < -0.39 is 0 Å². The fraction of sp³-hybridized carbons (Fsp3) is 0.368. The quantitative estimate of drug-likeness (QED) is 0.556. The minimum absolute atomic E-state index is 0.101. The molecule has 8 heteroatoms. The molecular formula is C19H22N4O2S2. The largest absolute Gasteiger partial charge is 0.497 e. The molecule has 142 valence electrons. The van der Waals surface area contributed by atoms with Gasteiger partial charge in [-0.15, -0.1) is 21.5 Å². The second-order valence-electron chi connectivity index (χ2n) is 5.85. The minimum Gasteiger partial charge on any atom is -0.497 e. The Kier molecular flexibility index (Phi) is 6.28. The summed E-state index contributed by atoms with van der Waals surface area (Å²) in [5.41, 5.74) is 2.53. The highest BCUT2D eigenvalue weighted by Gasteiger charge is 2.18. The van der Waals surface area contributed by atoms with Crippen LogP contribution in [0.4, 0.5) is 0 Å². The summed E-state index contributed by atoms with van der Waals surface area (Å²) in [6, 6.07) is 7.75. The Balaban J connectivity index is 1.94. The first-order chi connectivity index (χ1) is 13.1. The van der Waals surface area contributed by atoms with Crippen LogP contribution in [0, 0.1) is 6.92 Å². The maximum absolute atomic E-state index is 12.3. The number of carbonyl (C=O) groups is 1. The summed E-state index contributed by atoms with van der Waals surface area (Å²) < 4.78 is 6.30. The van der Waals surface area contributed by atoms with Crippen molar-refractivity contribution in [2.75, 3.05) is 26.0 Å². The SMILES string of the molecule is CCN(CC)C(=O)CSc1nnc(-c2cccc(OC)c2)c2sc(C)nc12. The number of benzene rings is 1. The molecule has 6 nitrogen and oxygen atoms in total. The summed E-state index contributed by atoms with van der Waals surface area (Å²) in [6.45, 7) is 7.35. The van der Waals surface area contributed by atoms with Gasteiger partial charge in [0.15, 0.2) is 0 Å². The van der Waals surface area contributed by atoms with Crippen molar-refractivity contribution in [2.45, 2.75) is 25.8 Å². The molecule has 0 saturated carbocycles. The molecule has 0 radical (unpaired) electrons. The molecule has 1 amide bonds. The molecule has 27 heavy (non-hydrogen) atoms. The number of rotatable bonds is 7. The molecule has 2 heterocycles. The van der Waals surface area contributed by atoms with Gasteiger partial charge >= 0.3 is 0 Å². The van der Waals surface area contributed by atoms with Gasteiger partial charge in [-0.2, -0.15) is 0 Å². The molecule has 0 aliphatic rings. The highest BCUT2D eigenvalue weighted by molar-refractivity contribution is 8.00. The lowest BCUT2D eigenvalue weighted by Crippen LogP contribution is -2.31. The van der Waals surface area contributed by atoms with Gasteiger partial charge in [-0.25, -0.2) is 4.98 Å². The number of fused-ring (bicyclic) bond motifs is 1. The lowest BCUT2D eigenvalue weighted by atomic mass is 10.1. The first-order valence-electron chi connectivity index (χ1n) is 8.76. The van der Waals surface area contributed by atoms with Gasteiger partial charge < -0.3 is 9.64 Å². The number of thioether (sulfide) groups is 1. The van der Waals surface area contributed by atoms with Crippen LogP contribution >= 0.6 is 23.1 Å². The standard InChI is InChI=1S/C19H22N4O2S2/c1-5-23(6-2)15(24)11-26-19-17-18(27-12(3)20-17)16(21-22-19)13-8-7-9-14(10-13)25-4/h7-10H,5-6,11H2,1-4H3. The Morgan fingerprint density at radius 2 is 2.04 bits per heavy atom. The molecule has 3 rings (SSSR count). The number of nitrogens with zero attached hydrogens (tertiary/aromatic N) is 4. The van der Waals surface area contributed by atoms with Crippen LogP contribution in [0.5, 0.6) is 5.75 Å². The Hall–Kier alpha value is -2.19. The van der Waals surface area contributed by atoms with Gasteiger partial charge in [-0.1, -0.05) is 23.9 Å². The maximum atomic E-state index is 12.3. The van der Waals surface area contributed by atoms with Gasteiger partial charge in [0.1, 0.15) is 22.0 Å². The molecule has 0 aliphatic heterocycles. The Labute approximate surface area is 167 Å². The molecule has 0 atom stereocenters. The number of aryl methyl sites for hydroxylation is 1. The van der Waals surface area contributed by atoms with E-state index >= 15 is 0 Å². The van der Waals surface area contributed by atoms with Crippen molar-refractivity contribution < 1.29 is 9.53 Å². The van der Waals surface area contributed by atoms with E-state index in [1.807, 2.05) is 49.9 Å². The average molecular weight is 403 g/mol. The lowest BCUT2D eigenvalue weighted by molar-refractivity contribution is -0.127. The monoisotopic (exact) mass is 402 g/mol. The molecule has 0 unspecified atom stereocenters. The zero-order valence-corrected chi connectivity index (χ0v) is 17.5. The molecule has 0 spiro atoms. The van der Waals surface area contributed by atoms with Gasteiger partial charge in [-0.3, -0.25) is 4.79 Å². The summed E-state index contributed by atoms with van der Waals surface area (Å²) in [6.07, 6.45) is 0. The second kappa shape index (κ2) is 8.67. The molecular weight excluding hydrogens is 380 g/mol. The van der Waals surface area contributed by atoms with Crippen LogP contribution in [0.2, 0.25) is 0 Å². The molecule has 0 aliphatic carbocycles. The first kappa shape index (κ1) is 19.6. The average Bonchev–Trinajstić information content (AvgIpc) is 3.08. The molecule has 0 N–H and O–H groups in total. The normalized spacial score (nSPS) is 11.0. The second-order valence-corrected chi connectivity index (χ2v) is 8.02. The Morgan fingerprint density at radius 3 is 2.74 bits per heavy atom. The van der Waals surface area contributed by atoms with E-state index in [-0.39, 0.29) is 5.91 Å². The van der Waals surface area contributed by atoms with E-state index in [2.05, 4.69) is 15.2 Å².